The number of aromatic nitrogens is 2. The SMILES string of the molecule is COc1ccc(Cl)cc1NC(=O)CSc1c(=O)o[nH][n+]1C. The summed E-state index contributed by atoms with van der Waals surface area (Å²) in [5.74, 6) is 0.261. The van der Waals surface area contributed by atoms with E-state index < -0.39 is 5.63 Å². The minimum Gasteiger partial charge on any atom is -0.495 e. The number of rotatable bonds is 5. The molecule has 9 heteroatoms. The van der Waals surface area contributed by atoms with Crippen molar-refractivity contribution in [3.05, 3.63) is 33.6 Å². The fourth-order valence-electron chi connectivity index (χ4n) is 1.59. The molecule has 0 unspecified atom stereocenters. The van der Waals surface area contributed by atoms with Gasteiger partial charge in [-0.3, -0.25) is 9.32 Å². The monoisotopic (exact) mass is 330 g/mol. The predicted octanol–water partition coefficient (Wildman–Crippen LogP) is 1.19. The third kappa shape index (κ3) is 3.79. The number of anilines is 1. The molecule has 1 aromatic heterocycles. The number of amides is 1. The van der Waals surface area contributed by atoms with E-state index in [1.54, 1.807) is 25.2 Å². The maximum Gasteiger partial charge on any atom is 0.441 e. The highest BCUT2D eigenvalue weighted by Crippen LogP contribution is 2.27. The van der Waals surface area contributed by atoms with Crippen LogP contribution >= 0.6 is 23.4 Å². The fourth-order valence-corrected chi connectivity index (χ4v) is 2.49. The van der Waals surface area contributed by atoms with Crippen molar-refractivity contribution in [2.45, 2.75) is 5.03 Å². The van der Waals surface area contributed by atoms with Crippen LogP contribution in [0.2, 0.25) is 5.02 Å². The zero-order chi connectivity index (χ0) is 15.4. The summed E-state index contributed by atoms with van der Waals surface area (Å²) in [6, 6.07) is 4.91. The van der Waals surface area contributed by atoms with Gasteiger partial charge in [0.25, 0.3) is 0 Å². The van der Waals surface area contributed by atoms with Crippen LogP contribution in [0.3, 0.4) is 0 Å². The van der Waals surface area contributed by atoms with Crippen molar-refractivity contribution >= 4 is 35.0 Å². The van der Waals surface area contributed by atoms with Crippen molar-refractivity contribution in [1.82, 2.24) is 5.27 Å². The average molecular weight is 331 g/mol. The van der Waals surface area contributed by atoms with Crippen molar-refractivity contribution in [2.75, 3.05) is 18.2 Å². The Labute approximate surface area is 129 Å². The zero-order valence-electron chi connectivity index (χ0n) is 11.3. The lowest BCUT2D eigenvalue weighted by atomic mass is 10.3. The van der Waals surface area contributed by atoms with Crippen molar-refractivity contribution < 1.29 is 18.7 Å². The Morgan fingerprint density at radius 2 is 2.33 bits per heavy atom. The van der Waals surface area contributed by atoms with Crippen LogP contribution in [0.4, 0.5) is 5.69 Å². The molecule has 2 aromatic rings. The lowest BCUT2D eigenvalue weighted by molar-refractivity contribution is -0.772. The minimum absolute atomic E-state index is 0.0477. The Morgan fingerprint density at radius 3 is 2.95 bits per heavy atom. The Hall–Kier alpha value is -1.93. The van der Waals surface area contributed by atoms with E-state index in [-0.39, 0.29) is 11.7 Å². The quantitative estimate of drug-likeness (QED) is 0.635. The third-order valence-corrected chi connectivity index (χ3v) is 3.89. The molecular formula is C12H13ClN3O4S+. The van der Waals surface area contributed by atoms with Gasteiger partial charge >= 0.3 is 10.7 Å². The number of benzene rings is 1. The summed E-state index contributed by atoms with van der Waals surface area (Å²) in [6.45, 7) is 0. The van der Waals surface area contributed by atoms with Crippen LogP contribution in [0.15, 0.2) is 32.5 Å². The highest BCUT2D eigenvalue weighted by molar-refractivity contribution is 7.99. The predicted molar refractivity (Wildman–Crippen MR) is 77.9 cm³/mol. The van der Waals surface area contributed by atoms with E-state index in [1.165, 1.54) is 11.8 Å². The van der Waals surface area contributed by atoms with E-state index in [0.29, 0.717) is 21.5 Å². The molecule has 0 bridgehead atoms. The first-order chi connectivity index (χ1) is 10.0. The van der Waals surface area contributed by atoms with Crippen LogP contribution < -0.4 is 20.4 Å². The van der Waals surface area contributed by atoms with E-state index in [1.807, 2.05) is 0 Å². The van der Waals surface area contributed by atoms with Crippen molar-refractivity contribution in [3.63, 3.8) is 0 Å². The lowest BCUT2D eigenvalue weighted by Gasteiger charge is -2.09. The van der Waals surface area contributed by atoms with Crippen LogP contribution in [0.5, 0.6) is 5.75 Å². The summed E-state index contributed by atoms with van der Waals surface area (Å²) in [5, 5.41) is 5.85. The van der Waals surface area contributed by atoms with E-state index >= 15 is 0 Å². The highest BCUT2D eigenvalue weighted by Gasteiger charge is 2.19. The summed E-state index contributed by atoms with van der Waals surface area (Å²) in [6.07, 6.45) is 0. The minimum atomic E-state index is -0.518. The van der Waals surface area contributed by atoms with Gasteiger partial charge < -0.3 is 10.1 Å². The Bertz CT molecular complexity index is 713. The summed E-state index contributed by atoms with van der Waals surface area (Å²) >= 11 is 6.95. The largest absolute Gasteiger partial charge is 0.495 e. The molecule has 0 fully saturated rings. The molecule has 21 heavy (non-hydrogen) atoms. The first kappa shape index (κ1) is 15.5. The number of aryl methyl sites for hydroxylation is 1. The summed E-state index contributed by atoms with van der Waals surface area (Å²) < 4.78 is 11.1. The molecule has 0 radical (unpaired) electrons. The molecule has 2 rings (SSSR count). The number of ether oxygens (including phenoxy) is 1. The summed E-state index contributed by atoms with van der Waals surface area (Å²) in [5.41, 5.74) is -0.0447. The van der Waals surface area contributed by atoms with Crippen LogP contribution in [-0.4, -0.2) is 24.0 Å². The molecule has 0 aliphatic carbocycles. The van der Waals surface area contributed by atoms with E-state index in [0.717, 1.165) is 11.8 Å². The zero-order valence-corrected chi connectivity index (χ0v) is 12.9. The topological polar surface area (TPSA) is 88.2 Å². The molecule has 0 spiro atoms. The number of aromatic amines is 1. The molecule has 2 N–H and O–H groups in total. The molecule has 7 nitrogen and oxygen atoms in total. The molecule has 1 amide bonds. The molecule has 0 saturated carbocycles. The second-order valence-electron chi connectivity index (χ2n) is 4.03. The smallest absolute Gasteiger partial charge is 0.441 e. The first-order valence-electron chi connectivity index (χ1n) is 5.85. The number of H-pyrrole nitrogens is 1. The maximum atomic E-state index is 11.9. The lowest BCUT2D eigenvalue weighted by Crippen LogP contribution is -2.34. The van der Waals surface area contributed by atoms with E-state index in [9.17, 15) is 9.59 Å². The third-order valence-electron chi connectivity index (χ3n) is 2.53. The number of nitrogens with zero attached hydrogens (tertiary/aromatic N) is 1. The number of hydrogen-bond acceptors (Lipinski definition) is 5. The number of nitrogens with one attached hydrogen (secondary N) is 2. The molecule has 0 atom stereocenters. The van der Waals surface area contributed by atoms with Crippen LogP contribution in [0.25, 0.3) is 0 Å². The Morgan fingerprint density at radius 1 is 1.57 bits per heavy atom. The Kier molecular flexibility index (Phi) is 4.92. The number of carbonyl (C=O) groups is 1. The number of thioether (sulfide) groups is 1. The molecular weight excluding hydrogens is 318 g/mol. The van der Waals surface area contributed by atoms with Crippen LogP contribution in [0.1, 0.15) is 0 Å². The number of carbonyl (C=O) groups excluding carboxylic acids is 1. The second kappa shape index (κ2) is 6.68. The van der Waals surface area contributed by atoms with Gasteiger partial charge in [-0.25, -0.2) is 4.79 Å². The standard InChI is InChI=1S/C12H12ClN3O4S/c1-16-11(12(18)20-15-16)21-6-10(17)14-8-5-7(13)3-4-9(8)19-2/h3-5H,6H2,1-2H3,(H-,14,15,17,18)/p+1. The van der Waals surface area contributed by atoms with Gasteiger partial charge in [0.15, 0.2) is 7.05 Å². The van der Waals surface area contributed by atoms with Crippen molar-refractivity contribution in [3.8, 4) is 5.75 Å². The number of hydrogen-bond donors (Lipinski definition) is 2. The van der Waals surface area contributed by atoms with Gasteiger partial charge in [-0.05, 0) is 35.2 Å². The number of halogens is 1. The summed E-state index contributed by atoms with van der Waals surface area (Å²) in [4.78, 5) is 23.3. The second-order valence-corrected chi connectivity index (χ2v) is 5.43. The van der Waals surface area contributed by atoms with Crippen LogP contribution in [0, 0.1) is 0 Å². The van der Waals surface area contributed by atoms with Gasteiger partial charge in [-0.1, -0.05) is 16.3 Å². The Balaban J connectivity index is 2.02. The fraction of sp³-hybridized carbons (Fsp3) is 0.250. The van der Waals surface area contributed by atoms with Gasteiger partial charge in [0, 0.05) is 5.02 Å². The maximum absolute atomic E-state index is 11.9. The number of methoxy groups -OCH3 is 1. The van der Waals surface area contributed by atoms with Gasteiger partial charge in [0.2, 0.25) is 5.91 Å². The average Bonchev–Trinajstić information content (AvgIpc) is 2.76. The van der Waals surface area contributed by atoms with Gasteiger partial charge in [0.1, 0.15) is 5.75 Å². The molecule has 0 aliphatic rings. The van der Waals surface area contributed by atoms with Gasteiger partial charge in [-0.2, -0.15) is 0 Å². The van der Waals surface area contributed by atoms with E-state index in [2.05, 4.69) is 15.1 Å². The molecule has 112 valence electrons. The van der Waals surface area contributed by atoms with Gasteiger partial charge in [0.05, 0.1) is 18.6 Å². The van der Waals surface area contributed by atoms with E-state index in [4.69, 9.17) is 16.3 Å². The molecule has 1 aromatic carbocycles. The normalized spacial score (nSPS) is 10.4. The van der Waals surface area contributed by atoms with Crippen molar-refractivity contribution in [2.24, 2.45) is 7.05 Å². The summed E-state index contributed by atoms with van der Waals surface area (Å²) in [7, 11) is 3.11. The van der Waals surface area contributed by atoms with Crippen molar-refractivity contribution in [1.29, 1.82) is 0 Å². The van der Waals surface area contributed by atoms with Crippen LogP contribution in [-0.2, 0) is 11.8 Å². The van der Waals surface area contributed by atoms with Gasteiger partial charge in [-0.15, -0.1) is 0 Å². The highest BCUT2D eigenvalue weighted by atomic mass is 35.5. The molecule has 1 heterocycles. The first-order valence-corrected chi connectivity index (χ1v) is 7.21. The molecule has 0 saturated heterocycles. The molecule has 0 aliphatic heterocycles.